The molecule has 5 nitrogen and oxygen atoms in total. The van der Waals surface area contributed by atoms with E-state index < -0.39 is 0 Å². The fraction of sp³-hybridized carbons (Fsp3) is 0.556. The van der Waals surface area contributed by atoms with Gasteiger partial charge in [-0.15, -0.1) is 24.0 Å². The Hall–Kier alpha value is -1.31. The van der Waals surface area contributed by atoms with Gasteiger partial charge in [0, 0.05) is 17.6 Å². The molecule has 0 spiro atoms. The molecule has 1 fully saturated rings. The maximum absolute atomic E-state index is 11.6. The minimum atomic E-state index is -0.0232. The first-order valence-electron chi connectivity index (χ1n) is 8.51. The molecule has 1 aromatic carbocycles. The van der Waals surface area contributed by atoms with E-state index in [4.69, 9.17) is 5.73 Å². The van der Waals surface area contributed by atoms with Gasteiger partial charge in [0.2, 0.25) is 5.91 Å². The maximum Gasteiger partial charge on any atom is 0.226 e. The van der Waals surface area contributed by atoms with Gasteiger partial charge in [-0.25, -0.2) is 4.99 Å². The number of carbonyl (C=O) groups is 1. The summed E-state index contributed by atoms with van der Waals surface area (Å²) in [5, 5.41) is 6.19. The Labute approximate surface area is 161 Å². The molecule has 1 aliphatic carbocycles. The Morgan fingerprint density at radius 2 is 1.83 bits per heavy atom. The third kappa shape index (κ3) is 7.07. The molecule has 1 aliphatic rings. The normalized spacial score (nSPS) is 15.7. The second-order valence-corrected chi connectivity index (χ2v) is 6.52. The molecule has 0 unspecified atom stereocenters. The van der Waals surface area contributed by atoms with Crippen LogP contribution in [-0.2, 0) is 11.3 Å². The Bertz CT molecular complexity index is 536. The predicted octanol–water partition coefficient (Wildman–Crippen LogP) is 3.64. The molecule has 2 rings (SSSR count). The van der Waals surface area contributed by atoms with Crippen molar-refractivity contribution in [2.45, 2.75) is 58.5 Å². The van der Waals surface area contributed by atoms with Gasteiger partial charge in [0.25, 0.3) is 0 Å². The molecule has 1 amide bonds. The lowest BCUT2D eigenvalue weighted by Crippen LogP contribution is -2.41. The molecule has 0 radical (unpaired) electrons. The van der Waals surface area contributed by atoms with Crippen LogP contribution < -0.4 is 16.4 Å². The van der Waals surface area contributed by atoms with Gasteiger partial charge in [-0.1, -0.05) is 45.2 Å². The topological polar surface area (TPSA) is 79.5 Å². The lowest BCUT2D eigenvalue weighted by Gasteiger charge is -2.23. The number of hydrogen-bond donors (Lipinski definition) is 3. The molecule has 4 N–H and O–H groups in total. The highest BCUT2D eigenvalue weighted by Crippen LogP contribution is 2.17. The van der Waals surface area contributed by atoms with E-state index in [0.29, 0.717) is 18.5 Å². The molecular formula is C18H29IN4O. The van der Waals surface area contributed by atoms with Gasteiger partial charge in [0.1, 0.15) is 0 Å². The number of benzene rings is 1. The summed E-state index contributed by atoms with van der Waals surface area (Å²) in [6.07, 6.45) is 6.23. The first-order valence-corrected chi connectivity index (χ1v) is 8.51. The molecule has 0 aromatic heterocycles. The second kappa shape index (κ2) is 10.5. The lowest BCUT2D eigenvalue weighted by atomic mass is 9.96. The molecule has 0 heterocycles. The number of hydrogen-bond acceptors (Lipinski definition) is 2. The van der Waals surface area contributed by atoms with E-state index in [1.54, 1.807) is 0 Å². The quantitative estimate of drug-likeness (QED) is 0.369. The fourth-order valence-electron chi connectivity index (χ4n) is 2.66. The van der Waals surface area contributed by atoms with Crippen molar-refractivity contribution in [1.29, 1.82) is 0 Å². The van der Waals surface area contributed by atoms with Crippen LogP contribution in [0.1, 0.15) is 51.5 Å². The van der Waals surface area contributed by atoms with Crippen LogP contribution in [0.4, 0.5) is 5.69 Å². The summed E-state index contributed by atoms with van der Waals surface area (Å²) < 4.78 is 0. The number of amides is 1. The van der Waals surface area contributed by atoms with E-state index in [0.717, 1.165) is 11.3 Å². The van der Waals surface area contributed by atoms with Crippen molar-refractivity contribution in [3.8, 4) is 0 Å². The first kappa shape index (κ1) is 20.7. The molecule has 1 saturated carbocycles. The standard InChI is InChI=1S/C18H28N4O.HI/c1-13(2)17(23)21-16-10-8-14(9-11-16)12-20-18(19)22-15-6-4-3-5-7-15;/h8-11,13,15H,3-7,12H2,1-2H3,(H,21,23)(H3,19,20,22);1H. The van der Waals surface area contributed by atoms with E-state index in [1.807, 2.05) is 38.1 Å². The number of rotatable bonds is 5. The Morgan fingerprint density at radius 3 is 2.42 bits per heavy atom. The number of nitrogens with two attached hydrogens (primary N) is 1. The van der Waals surface area contributed by atoms with Crippen LogP contribution >= 0.6 is 24.0 Å². The van der Waals surface area contributed by atoms with Gasteiger partial charge in [-0.05, 0) is 30.5 Å². The zero-order chi connectivity index (χ0) is 16.7. The Balaban J connectivity index is 0.00000288. The van der Waals surface area contributed by atoms with Crippen molar-refractivity contribution in [2.75, 3.05) is 5.32 Å². The summed E-state index contributed by atoms with van der Waals surface area (Å²) in [6, 6.07) is 8.20. The second-order valence-electron chi connectivity index (χ2n) is 6.52. The van der Waals surface area contributed by atoms with Crippen LogP contribution in [0, 0.1) is 5.92 Å². The summed E-state index contributed by atoms with van der Waals surface area (Å²) in [7, 11) is 0. The average molecular weight is 444 g/mol. The summed E-state index contributed by atoms with van der Waals surface area (Å²) in [4.78, 5) is 16.0. The molecular weight excluding hydrogens is 415 g/mol. The summed E-state index contributed by atoms with van der Waals surface area (Å²) >= 11 is 0. The number of carbonyl (C=O) groups excluding carboxylic acids is 1. The Kier molecular flexibility index (Phi) is 9.10. The highest BCUT2D eigenvalue weighted by molar-refractivity contribution is 14.0. The minimum Gasteiger partial charge on any atom is -0.370 e. The highest BCUT2D eigenvalue weighted by Gasteiger charge is 2.13. The van der Waals surface area contributed by atoms with E-state index in [1.165, 1.54) is 32.1 Å². The summed E-state index contributed by atoms with van der Waals surface area (Å²) in [6.45, 7) is 4.30. The summed E-state index contributed by atoms with van der Waals surface area (Å²) in [5.74, 6) is 0.524. The zero-order valence-electron chi connectivity index (χ0n) is 14.5. The van der Waals surface area contributed by atoms with Crippen molar-refractivity contribution in [3.63, 3.8) is 0 Å². The third-order valence-electron chi connectivity index (χ3n) is 4.14. The van der Waals surface area contributed by atoms with E-state index >= 15 is 0 Å². The first-order chi connectivity index (χ1) is 11.0. The average Bonchev–Trinajstić information content (AvgIpc) is 2.55. The van der Waals surface area contributed by atoms with Crippen molar-refractivity contribution >= 4 is 41.5 Å². The highest BCUT2D eigenvalue weighted by atomic mass is 127. The van der Waals surface area contributed by atoms with Crippen LogP contribution in [0.3, 0.4) is 0 Å². The minimum absolute atomic E-state index is 0. The molecule has 1 aromatic rings. The maximum atomic E-state index is 11.6. The predicted molar refractivity (Wildman–Crippen MR) is 111 cm³/mol. The van der Waals surface area contributed by atoms with Crippen molar-refractivity contribution in [1.82, 2.24) is 5.32 Å². The van der Waals surface area contributed by atoms with Gasteiger partial charge in [0.15, 0.2) is 5.96 Å². The van der Waals surface area contributed by atoms with Crippen molar-refractivity contribution in [2.24, 2.45) is 16.6 Å². The molecule has 0 saturated heterocycles. The number of halogens is 1. The van der Waals surface area contributed by atoms with Gasteiger partial charge in [0.05, 0.1) is 6.54 Å². The Morgan fingerprint density at radius 1 is 1.21 bits per heavy atom. The summed E-state index contributed by atoms with van der Waals surface area (Å²) in [5.41, 5.74) is 7.84. The third-order valence-corrected chi connectivity index (χ3v) is 4.14. The van der Waals surface area contributed by atoms with Crippen LogP contribution in [0.25, 0.3) is 0 Å². The number of aliphatic imine (C=N–C) groups is 1. The van der Waals surface area contributed by atoms with E-state index in [-0.39, 0.29) is 35.8 Å². The van der Waals surface area contributed by atoms with Crippen LogP contribution in [-0.4, -0.2) is 17.9 Å². The monoisotopic (exact) mass is 444 g/mol. The number of nitrogens with one attached hydrogen (secondary N) is 2. The largest absolute Gasteiger partial charge is 0.370 e. The molecule has 134 valence electrons. The molecule has 0 atom stereocenters. The van der Waals surface area contributed by atoms with Gasteiger partial charge in [-0.3, -0.25) is 4.79 Å². The number of guanidine groups is 1. The van der Waals surface area contributed by atoms with Crippen molar-refractivity contribution < 1.29 is 4.79 Å². The molecule has 6 heteroatoms. The molecule has 24 heavy (non-hydrogen) atoms. The lowest BCUT2D eigenvalue weighted by molar-refractivity contribution is -0.118. The van der Waals surface area contributed by atoms with Gasteiger partial charge in [-0.2, -0.15) is 0 Å². The van der Waals surface area contributed by atoms with E-state index in [9.17, 15) is 4.79 Å². The molecule has 0 aliphatic heterocycles. The van der Waals surface area contributed by atoms with E-state index in [2.05, 4.69) is 15.6 Å². The SMILES string of the molecule is CC(C)C(=O)Nc1ccc(CN=C(N)NC2CCCCC2)cc1.I. The van der Waals surface area contributed by atoms with Crippen LogP contribution in [0.15, 0.2) is 29.3 Å². The van der Waals surface area contributed by atoms with Gasteiger partial charge < -0.3 is 16.4 Å². The fourth-order valence-corrected chi connectivity index (χ4v) is 2.66. The van der Waals surface area contributed by atoms with Gasteiger partial charge >= 0.3 is 0 Å². The van der Waals surface area contributed by atoms with Crippen molar-refractivity contribution in [3.05, 3.63) is 29.8 Å². The number of anilines is 1. The smallest absolute Gasteiger partial charge is 0.226 e. The zero-order valence-corrected chi connectivity index (χ0v) is 16.9. The number of nitrogens with zero attached hydrogens (tertiary/aromatic N) is 1. The molecule has 0 bridgehead atoms. The van der Waals surface area contributed by atoms with Crippen LogP contribution in [0.5, 0.6) is 0 Å². The van der Waals surface area contributed by atoms with Crippen LogP contribution in [0.2, 0.25) is 0 Å².